The number of aliphatic hydroxyl groups excluding tert-OH is 1. The number of carbonyl (C=O) groups excluding carboxylic acids is 1. The molecular weight excluding hydrogens is 294 g/mol. The van der Waals surface area contributed by atoms with Crippen LogP contribution in [-0.4, -0.2) is 26.9 Å². The first-order valence-electron chi connectivity index (χ1n) is 7.76. The largest absolute Gasteiger partial charge is 0.481 e. The average molecular weight is 317 g/mol. The second-order valence-corrected chi connectivity index (χ2v) is 5.47. The summed E-state index contributed by atoms with van der Waals surface area (Å²) in [4.78, 5) is 12.3. The van der Waals surface area contributed by atoms with Crippen molar-refractivity contribution in [2.24, 2.45) is 0 Å². The summed E-state index contributed by atoms with van der Waals surface area (Å²) in [7, 11) is 0. The number of aromatic nitrogens is 2. The number of nitrogens with one attached hydrogen (secondary N) is 1. The van der Waals surface area contributed by atoms with E-state index in [1.807, 2.05) is 6.92 Å². The lowest BCUT2D eigenvalue weighted by Gasteiger charge is -2.17. The van der Waals surface area contributed by atoms with E-state index in [4.69, 9.17) is 9.84 Å². The SMILES string of the molecule is CCC(C)n1nccc1NC(=O)C(C)Oc1cccc(CO)c1. The number of anilines is 1. The lowest BCUT2D eigenvalue weighted by molar-refractivity contribution is -0.122. The molecule has 0 spiro atoms. The van der Waals surface area contributed by atoms with Gasteiger partial charge >= 0.3 is 0 Å². The van der Waals surface area contributed by atoms with Gasteiger partial charge in [-0.2, -0.15) is 5.10 Å². The highest BCUT2D eigenvalue weighted by molar-refractivity contribution is 5.93. The smallest absolute Gasteiger partial charge is 0.266 e. The minimum Gasteiger partial charge on any atom is -0.481 e. The highest BCUT2D eigenvalue weighted by atomic mass is 16.5. The zero-order chi connectivity index (χ0) is 16.8. The van der Waals surface area contributed by atoms with E-state index in [9.17, 15) is 4.79 Å². The molecule has 2 rings (SSSR count). The summed E-state index contributed by atoms with van der Waals surface area (Å²) in [6.07, 6.45) is 1.92. The molecule has 1 amide bonds. The summed E-state index contributed by atoms with van der Waals surface area (Å²) in [6, 6.07) is 9.02. The summed E-state index contributed by atoms with van der Waals surface area (Å²) < 4.78 is 7.43. The van der Waals surface area contributed by atoms with Crippen LogP contribution >= 0.6 is 0 Å². The fourth-order valence-electron chi connectivity index (χ4n) is 2.14. The quantitative estimate of drug-likeness (QED) is 0.823. The second kappa shape index (κ2) is 7.78. The number of benzene rings is 1. The lowest BCUT2D eigenvalue weighted by atomic mass is 10.2. The van der Waals surface area contributed by atoms with Crippen molar-refractivity contribution in [1.29, 1.82) is 0 Å². The molecule has 6 nitrogen and oxygen atoms in total. The minimum absolute atomic E-state index is 0.0636. The van der Waals surface area contributed by atoms with Gasteiger partial charge in [0.25, 0.3) is 5.91 Å². The molecule has 0 saturated carbocycles. The van der Waals surface area contributed by atoms with Crippen molar-refractivity contribution in [2.75, 3.05) is 5.32 Å². The monoisotopic (exact) mass is 317 g/mol. The second-order valence-electron chi connectivity index (χ2n) is 5.47. The topological polar surface area (TPSA) is 76.4 Å². The average Bonchev–Trinajstić information content (AvgIpc) is 3.02. The van der Waals surface area contributed by atoms with Crippen molar-refractivity contribution in [2.45, 2.75) is 45.9 Å². The standard InChI is InChI=1S/C17H23N3O3/c1-4-12(2)20-16(8-9-18-20)19-17(22)13(3)23-15-7-5-6-14(10-15)11-21/h5-10,12-13,21H,4,11H2,1-3H3,(H,19,22). The molecule has 0 aliphatic heterocycles. The van der Waals surface area contributed by atoms with Crippen LogP contribution in [0.5, 0.6) is 5.75 Å². The maximum atomic E-state index is 12.3. The van der Waals surface area contributed by atoms with Crippen molar-refractivity contribution >= 4 is 11.7 Å². The van der Waals surface area contributed by atoms with Crippen LogP contribution in [0, 0.1) is 0 Å². The first-order valence-corrected chi connectivity index (χ1v) is 7.76. The molecule has 0 radical (unpaired) electrons. The van der Waals surface area contributed by atoms with Crippen molar-refractivity contribution < 1.29 is 14.6 Å². The Bertz CT molecular complexity index is 654. The molecule has 0 aliphatic carbocycles. The number of amides is 1. The van der Waals surface area contributed by atoms with Crippen LogP contribution in [0.15, 0.2) is 36.5 Å². The Labute approximate surface area is 136 Å². The third kappa shape index (κ3) is 4.32. The molecule has 124 valence electrons. The zero-order valence-corrected chi connectivity index (χ0v) is 13.7. The first-order chi connectivity index (χ1) is 11.0. The maximum Gasteiger partial charge on any atom is 0.266 e. The predicted octanol–water partition coefficient (Wildman–Crippen LogP) is 2.75. The molecule has 0 bridgehead atoms. The molecular formula is C17H23N3O3. The summed E-state index contributed by atoms with van der Waals surface area (Å²) >= 11 is 0. The number of rotatable bonds is 7. The molecule has 2 aromatic rings. The number of nitrogens with zero attached hydrogens (tertiary/aromatic N) is 2. The van der Waals surface area contributed by atoms with Gasteiger partial charge in [-0.25, -0.2) is 4.68 Å². The summed E-state index contributed by atoms with van der Waals surface area (Å²) in [5.74, 6) is 0.961. The van der Waals surface area contributed by atoms with Gasteiger partial charge in [0.1, 0.15) is 11.6 Å². The van der Waals surface area contributed by atoms with Gasteiger partial charge in [-0.1, -0.05) is 19.1 Å². The van der Waals surface area contributed by atoms with Gasteiger partial charge < -0.3 is 15.2 Å². The Kier molecular flexibility index (Phi) is 5.76. The summed E-state index contributed by atoms with van der Waals surface area (Å²) in [5.41, 5.74) is 0.741. The minimum atomic E-state index is -0.663. The molecule has 0 aliphatic rings. The van der Waals surface area contributed by atoms with Gasteiger partial charge in [0.15, 0.2) is 6.10 Å². The van der Waals surface area contributed by atoms with Crippen LogP contribution < -0.4 is 10.1 Å². The number of aliphatic hydroxyl groups is 1. The van der Waals surface area contributed by atoms with Crippen molar-refractivity contribution in [1.82, 2.24) is 9.78 Å². The maximum absolute atomic E-state index is 12.3. The van der Waals surface area contributed by atoms with Gasteiger partial charge in [0.2, 0.25) is 0 Å². The van der Waals surface area contributed by atoms with E-state index in [2.05, 4.69) is 17.3 Å². The molecule has 0 fully saturated rings. The Hall–Kier alpha value is -2.34. The number of hydrogen-bond acceptors (Lipinski definition) is 4. The summed E-state index contributed by atoms with van der Waals surface area (Å²) in [5, 5.41) is 16.2. The van der Waals surface area contributed by atoms with E-state index in [-0.39, 0.29) is 18.6 Å². The van der Waals surface area contributed by atoms with Crippen molar-refractivity contribution in [3.63, 3.8) is 0 Å². The van der Waals surface area contributed by atoms with E-state index >= 15 is 0 Å². The lowest BCUT2D eigenvalue weighted by Crippen LogP contribution is -2.31. The Balaban J connectivity index is 2.01. The molecule has 0 saturated heterocycles. The van der Waals surface area contributed by atoms with Gasteiger partial charge in [-0.05, 0) is 38.0 Å². The predicted molar refractivity (Wildman–Crippen MR) is 88.3 cm³/mol. The zero-order valence-electron chi connectivity index (χ0n) is 13.7. The molecule has 6 heteroatoms. The van der Waals surface area contributed by atoms with Crippen LogP contribution in [0.3, 0.4) is 0 Å². The van der Waals surface area contributed by atoms with E-state index in [0.717, 1.165) is 12.0 Å². The molecule has 2 unspecified atom stereocenters. The molecule has 1 aromatic carbocycles. The van der Waals surface area contributed by atoms with E-state index in [1.165, 1.54) is 0 Å². The normalized spacial score (nSPS) is 13.4. The highest BCUT2D eigenvalue weighted by Crippen LogP contribution is 2.18. The number of hydrogen-bond donors (Lipinski definition) is 2. The molecule has 2 N–H and O–H groups in total. The van der Waals surface area contributed by atoms with E-state index in [1.54, 1.807) is 48.1 Å². The van der Waals surface area contributed by atoms with Crippen LogP contribution in [0.1, 0.15) is 38.8 Å². The van der Waals surface area contributed by atoms with Crippen LogP contribution in [0.2, 0.25) is 0 Å². The molecule has 1 heterocycles. The fraction of sp³-hybridized carbons (Fsp3) is 0.412. The van der Waals surface area contributed by atoms with Crippen LogP contribution in [-0.2, 0) is 11.4 Å². The van der Waals surface area contributed by atoms with Gasteiger partial charge in [0, 0.05) is 6.07 Å². The van der Waals surface area contributed by atoms with E-state index < -0.39 is 6.10 Å². The van der Waals surface area contributed by atoms with Gasteiger partial charge in [-0.15, -0.1) is 0 Å². The van der Waals surface area contributed by atoms with E-state index in [0.29, 0.717) is 11.6 Å². The third-order valence-corrected chi connectivity index (χ3v) is 3.69. The number of carbonyl (C=O) groups is 1. The number of ether oxygens (including phenoxy) is 1. The molecule has 23 heavy (non-hydrogen) atoms. The van der Waals surface area contributed by atoms with Gasteiger partial charge in [0.05, 0.1) is 18.8 Å². The molecule has 2 atom stereocenters. The van der Waals surface area contributed by atoms with Crippen molar-refractivity contribution in [3.8, 4) is 5.75 Å². The third-order valence-electron chi connectivity index (χ3n) is 3.69. The first kappa shape index (κ1) is 17.0. The Morgan fingerprint density at radius 1 is 1.39 bits per heavy atom. The summed E-state index contributed by atoms with van der Waals surface area (Å²) in [6.45, 7) is 5.73. The van der Waals surface area contributed by atoms with Crippen LogP contribution in [0.25, 0.3) is 0 Å². The highest BCUT2D eigenvalue weighted by Gasteiger charge is 2.18. The Morgan fingerprint density at radius 3 is 2.87 bits per heavy atom. The Morgan fingerprint density at radius 2 is 2.17 bits per heavy atom. The van der Waals surface area contributed by atoms with Crippen molar-refractivity contribution in [3.05, 3.63) is 42.1 Å². The molecule has 1 aromatic heterocycles. The fourth-order valence-corrected chi connectivity index (χ4v) is 2.14. The van der Waals surface area contributed by atoms with Gasteiger partial charge in [-0.3, -0.25) is 4.79 Å². The van der Waals surface area contributed by atoms with Crippen LogP contribution in [0.4, 0.5) is 5.82 Å².